The second-order valence-electron chi connectivity index (χ2n) is 8.42. The molecule has 1 aliphatic carbocycles. The minimum atomic E-state index is -0.591. The predicted molar refractivity (Wildman–Crippen MR) is 121 cm³/mol. The summed E-state index contributed by atoms with van der Waals surface area (Å²) >= 11 is 0. The standard InChI is InChI=1S/C24H28N6O/c1-26-20-21(27-15-16-10-12-18(13-11-16)17-7-4-3-5-8-17)30-23(29(2)22(20)31)28-19-9-6-14-24(19,30)25/h3-5,7-8,10-13,19,26-27H,6,9,14-15,25H2,1-2H3/t19-,24+/m1/s1. The molecule has 0 unspecified atom stereocenters. The van der Waals surface area contributed by atoms with Gasteiger partial charge in [0.25, 0.3) is 5.91 Å². The summed E-state index contributed by atoms with van der Waals surface area (Å²) in [4.78, 5) is 21.4. The number of carbonyl (C=O) groups excluding carboxylic acids is 1. The van der Waals surface area contributed by atoms with Gasteiger partial charge in [0.15, 0.2) is 0 Å². The van der Waals surface area contributed by atoms with Crippen molar-refractivity contribution in [3.8, 4) is 11.1 Å². The fourth-order valence-electron chi connectivity index (χ4n) is 4.86. The number of guanidine groups is 1. The molecular formula is C24H28N6O. The Labute approximate surface area is 182 Å². The van der Waals surface area contributed by atoms with Crippen molar-refractivity contribution in [1.82, 2.24) is 20.4 Å². The molecule has 2 aromatic carbocycles. The highest BCUT2D eigenvalue weighted by Gasteiger charge is 2.56. The average molecular weight is 417 g/mol. The Morgan fingerprint density at radius 2 is 1.84 bits per heavy atom. The van der Waals surface area contributed by atoms with Crippen LogP contribution in [0.1, 0.15) is 24.8 Å². The van der Waals surface area contributed by atoms with Crippen molar-refractivity contribution in [2.45, 2.75) is 37.5 Å². The van der Waals surface area contributed by atoms with Gasteiger partial charge in [-0.2, -0.15) is 0 Å². The number of likely N-dealkylation sites (N-methyl/N-ethyl adjacent to an activating group) is 2. The monoisotopic (exact) mass is 416 g/mol. The second kappa shape index (κ2) is 7.42. The SMILES string of the molecule is CNC1=C(NCc2ccc(-c3ccccc3)cc2)N2C(=N[C@@H]3CCC[C@@]32N)N(C)C1=O. The van der Waals surface area contributed by atoms with Crippen LogP contribution in [0, 0.1) is 0 Å². The number of hydrogen-bond acceptors (Lipinski definition) is 6. The molecule has 1 amide bonds. The first-order chi connectivity index (χ1) is 15.0. The van der Waals surface area contributed by atoms with Crippen LogP contribution in [0.15, 0.2) is 71.1 Å². The first-order valence-electron chi connectivity index (χ1n) is 10.8. The molecule has 5 rings (SSSR count). The van der Waals surface area contributed by atoms with Crippen molar-refractivity contribution < 1.29 is 4.79 Å². The number of aliphatic imine (C=N–C) groups is 1. The topological polar surface area (TPSA) is 86.0 Å². The first-order valence-corrected chi connectivity index (χ1v) is 10.8. The van der Waals surface area contributed by atoms with Gasteiger partial charge < -0.3 is 16.4 Å². The van der Waals surface area contributed by atoms with E-state index in [4.69, 9.17) is 10.7 Å². The molecule has 160 valence electrons. The van der Waals surface area contributed by atoms with Crippen LogP contribution >= 0.6 is 0 Å². The molecule has 0 saturated heterocycles. The smallest absolute Gasteiger partial charge is 0.280 e. The molecule has 31 heavy (non-hydrogen) atoms. The van der Waals surface area contributed by atoms with E-state index in [0.717, 1.165) is 24.8 Å². The van der Waals surface area contributed by atoms with Gasteiger partial charge in [-0.25, -0.2) is 4.99 Å². The zero-order chi connectivity index (χ0) is 21.6. The maximum Gasteiger partial charge on any atom is 0.280 e. The second-order valence-corrected chi connectivity index (χ2v) is 8.42. The molecule has 0 radical (unpaired) electrons. The molecule has 3 aliphatic rings. The van der Waals surface area contributed by atoms with Gasteiger partial charge in [-0.1, -0.05) is 54.6 Å². The number of nitrogens with zero attached hydrogens (tertiary/aromatic N) is 3. The third-order valence-corrected chi connectivity index (χ3v) is 6.57. The predicted octanol–water partition coefficient (Wildman–Crippen LogP) is 2.18. The van der Waals surface area contributed by atoms with Gasteiger partial charge in [0, 0.05) is 20.6 Å². The summed E-state index contributed by atoms with van der Waals surface area (Å²) in [6.45, 7) is 0.580. The molecule has 1 saturated carbocycles. The summed E-state index contributed by atoms with van der Waals surface area (Å²) in [6, 6.07) is 18.8. The van der Waals surface area contributed by atoms with E-state index in [2.05, 4.69) is 47.0 Å². The van der Waals surface area contributed by atoms with E-state index >= 15 is 0 Å². The molecule has 2 heterocycles. The maximum absolute atomic E-state index is 13.0. The number of carbonyl (C=O) groups is 1. The summed E-state index contributed by atoms with van der Waals surface area (Å²) in [5.74, 6) is 1.24. The lowest BCUT2D eigenvalue weighted by Gasteiger charge is -2.43. The molecule has 0 spiro atoms. The summed E-state index contributed by atoms with van der Waals surface area (Å²) in [7, 11) is 3.53. The Morgan fingerprint density at radius 3 is 2.55 bits per heavy atom. The van der Waals surface area contributed by atoms with Crippen molar-refractivity contribution in [1.29, 1.82) is 0 Å². The minimum Gasteiger partial charge on any atom is -0.381 e. The van der Waals surface area contributed by atoms with E-state index in [-0.39, 0.29) is 11.9 Å². The molecule has 0 bridgehead atoms. The molecule has 1 fully saturated rings. The van der Waals surface area contributed by atoms with Gasteiger partial charge in [-0.05, 0) is 36.0 Å². The van der Waals surface area contributed by atoms with E-state index in [9.17, 15) is 4.79 Å². The molecule has 7 nitrogen and oxygen atoms in total. The van der Waals surface area contributed by atoms with Gasteiger partial charge in [0.2, 0.25) is 5.96 Å². The Kier molecular flexibility index (Phi) is 4.70. The van der Waals surface area contributed by atoms with Gasteiger partial charge >= 0.3 is 0 Å². The average Bonchev–Trinajstić information content (AvgIpc) is 3.30. The first kappa shape index (κ1) is 19.6. The number of nitrogens with two attached hydrogens (primary N) is 1. The van der Waals surface area contributed by atoms with Crippen molar-refractivity contribution in [3.05, 3.63) is 71.7 Å². The molecular weight excluding hydrogens is 388 g/mol. The highest BCUT2D eigenvalue weighted by molar-refractivity contribution is 6.09. The number of rotatable bonds is 5. The summed E-state index contributed by atoms with van der Waals surface area (Å²) in [6.07, 6.45) is 2.83. The summed E-state index contributed by atoms with van der Waals surface area (Å²) in [5.41, 5.74) is 10.3. The third kappa shape index (κ3) is 3.08. The lowest BCUT2D eigenvalue weighted by molar-refractivity contribution is -0.124. The van der Waals surface area contributed by atoms with Crippen LogP contribution in [0.3, 0.4) is 0 Å². The zero-order valence-corrected chi connectivity index (χ0v) is 17.9. The van der Waals surface area contributed by atoms with Crippen LogP contribution in [-0.2, 0) is 11.3 Å². The summed E-state index contributed by atoms with van der Waals surface area (Å²) in [5, 5.41) is 6.58. The van der Waals surface area contributed by atoms with Gasteiger partial charge in [-0.3, -0.25) is 14.6 Å². The Morgan fingerprint density at radius 1 is 1.13 bits per heavy atom. The molecule has 7 heteroatoms. The molecule has 2 atom stereocenters. The van der Waals surface area contributed by atoms with Crippen molar-refractivity contribution in [2.24, 2.45) is 10.7 Å². The number of amides is 1. The van der Waals surface area contributed by atoms with E-state index in [1.165, 1.54) is 11.1 Å². The van der Waals surface area contributed by atoms with Gasteiger partial charge in [-0.15, -0.1) is 0 Å². The lowest BCUT2D eigenvalue weighted by Crippen LogP contribution is -2.64. The largest absolute Gasteiger partial charge is 0.381 e. The lowest BCUT2D eigenvalue weighted by atomic mass is 10.0. The molecule has 2 aliphatic heterocycles. The molecule has 4 N–H and O–H groups in total. The zero-order valence-electron chi connectivity index (χ0n) is 17.9. The fraction of sp³-hybridized carbons (Fsp3) is 0.333. The van der Waals surface area contributed by atoms with E-state index in [0.29, 0.717) is 24.0 Å². The number of nitrogens with one attached hydrogen (secondary N) is 2. The van der Waals surface area contributed by atoms with Crippen LogP contribution in [0.5, 0.6) is 0 Å². The van der Waals surface area contributed by atoms with Crippen LogP contribution in [0.25, 0.3) is 11.1 Å². The van der Waals surface area contributed by atoms with Gasteiger partial charge in [0.05, 0.1) is 6.04 Å². The number of hydrogen-bond donors (Lipinski definition) is 3. The van der Waals surface area contributed by atoms with E-state index in [1.807, 2.05) is 23.1 Å². The maximum atomic E-state index is 13.0. The van der Waals surface area contributed by atoms with E-state index < -0.39 is 5.66 Å². The van der Waals surface area contributed by atoms with Crippen molar-refractivity contribution in [2.75, 3.05) is 14.1 Å². The van der Waals surface area contributed by atoms with Crippen LogP contribution in [0.4, 0.5) is 0 Å². The van der Waals surface area contributed by atoms with Gasteiger partial charge in [0.1, 0.15) is 17.2 Å². The number of benzene rings is 2. The Hall–Kier alpha value is -3.32. The van der Waals surface area contributed by atoms with Crippen molar-refractivity contribution in [3.63, 3.8) is 0 Å². The van der Waals surface area contributed by atoms with Crippen LogP contribution in [-0.4, -0.2) is 47.5 Å². The third-order valence-electron chi connectivity index (χ3n) is 6.57. The quantitative estimate of drug-likeness (QED) is 0.696. The highest BCUT2D eigenvalue weighted by atomic mass is 16.2. The Balaban J connectivity index is 1.42. The Bertz CT molecular complexity index is 1060. The fourth-order valence-corrected chi connectivity index (χ4v) is 4.86. The van der Waals surface area contributed by atoms with Crippen molar-refractivity contribution >= 4 is 11.9 Å². The summed E-state index contributed by atoms with van der Waals surface area (Å²) < 4.78 is 0. The molecule has 0 aromatic heterocycles. The highest BCUT2D eigenvalue weighted by Crippen LogP contribution is 2.42. The van der Waals surface area contributed by atoms with Crippen LogP contribution in [0.2, 0.25) is 0 Å². The number of fused-ring (bicyclic) bond motifs is 3. The van der Waals surface area contributed by atoms with E-state index in [1.54, 1.807) is 19.0 Å². The normalized spacial score (nSPS) is 24.8. The van der Waals surface area contributed by atoms with Crippen LogP contribution < -0.4 is 16.4 Å². The molecule has 2 aromatic rings. The minimum absolute atomic E-state index is 0.0101.